The molecule has 0 fully saturated rings. The van der Waals surface area contributed by atoms with Crippen LogP contribution in [0.1, 0.15) is 32.1 Å². The third kappa shape index (κ3) is 7.20. The molecular formula is C21H25N3O4. The van der Waals surface area contributed by atoms with Crippen LogP contribution in [0, 0.1) is 5.92 Å². The van der Waals surface area contributed by atoms with Crippen molar-refractivity contribution in [3.63, 3.8) is 0 Å². The highest BCUT2D eigenvalue weighted by molar-refractivity contribution is 6.10. The Morgan fingerprint density at radius 3 is 1.71 bits per heavy atom. The number of amides is 3. The first-order valence-corrected chi connectivity index (χ1v) is 9.25. The molecule has 0 aliphatic heterocycles. The molecule has 2 aromatic carbocycles. The van der Waals surface area contributed by atoms with Gasteiger partial charge in [0.2, 0.25) is 17.7 Å². The lowest BCUT2D eigenvalue weighted by atomic mass is 9.98. The predicted molar refractivity (Wildman–Crippen MR) is 107 cm³/mol. The molecule has 148 valence electrons. The average Bonchev–Trinajstić information content (AvgIpc) is 2.71. The molecule has 7 nitrogen and oxygen atoms in total. The number of rotatable bonds is 10. The molecule has 0 unspecified atom stereocenters. The van der Waals surface area contributed by atoms with Crippen LogP contribution in [0.2, 0.25) is 0 Å². The van der Waals surface area contributed by atoms with E-state index in [2.05, 4.69) is 10.6 Å². The topological polar surface area (TPSA) is 108 Å². The minimum absolute atomic E-state index is 0.202. The first-order chi connectivity index (χ1) is 13.6. The van der Waals surface area contributed by atoms with E-state index in [1.165, 1.54) is 0 Å². The second-order valence-corrected chi connectivity index (χ2v) is 6.40. The summed E-state index contributed by atoms with van der Waals surface area (Å²) in [5.41, 5.74) is 2.85. The zero-order valence-electron chi connectivity index (χ0n) is 15.6. The minimum atomic E-state index is -0.855. The number of carbonyl (C=O) groups excluding carboxylic acids is 3. The summed E-state index contributed by atoms with van der Waals surface area (Å²) in [6.07, 6.45) is 2.40. The van der Waals surface area contributed by atoms with Crippen LogP contribution in [0.4, 0.5) is 11.4 Å². The zero-order valence-corrected chi connectivity index (χ0v) is 15.6. The Kier molecular flexibility index (Phi) is 8.68. The van der Waals surface area contributed by atoms with E-state index < -0.39 is 11.8 Å². The van der Waals surface area contributed by atoms with Gasteiger partial charge in [0.1, 0.15) is 5.92 Å². The van der Waals surface area contributed by atoms with Gasteiger partial charge >= 0.3 is 0 Å². The van der Waals surface area contributed by atoms with Crippen molar-refractivity contribution in [1.82, 2.24) is 5.48 Å². The Bertz CT molecular complexity index is 712. The molecular weight excluding hydrogens is 358 g/mol. The van der Waals surface area contributed by atoms with Crippen molar-refractivity contribution in [3.8, 4) is 0 Å². The van der Waals surface area contributed by atoms with Crippen molar-refractivity contribution in [2.24, 2.45) is 5.92 Å². The molecule has 0 saturated carbocycles. The van der Waals surface area contributed by atoms with Gasteiger partial charge in [0.15, 0.2) is 0 Å². The Balaban J connectivity index is 1.96. The van der Waals surface area contributed by atoms with Gasteiger partial charge in [-0.1, -0.05) is 49.2 Å². The average molecular weight is 383 g/mol. The maximum atomic E-state index is 12.7. The number of benzene rings is 2. The molecule has 0 spiro atoms. The van der Waals surface area contributed by atoms with E-state index in [0.717, 1.165) is 0 Å². The van der Waals surface area contributed by atoms with Crippen molar-refractivity contribution in [2.45, 2.75) is 32.1 Å². The molecule has 0 aliphatic rings. The summed E-state index contributed by atoms with van der Waals surface area (Å²) in [4.78, 5) is 36.4. The van der Waals surface area contributed by atoms with Crippen molar-refractivity contribution < 1.29 is 19.6 Å². The Morgan fingerprint density at radius 2 is 1.25 bits per heavy atom. The first-order valence-electron chi connectivity index (χ1n) is 9.25. The van der Waals surface area contributed by atoms with Crippen molar-refractivity contribution in [2.75, 3.05) is 10.6 Å². The number of hydroxylamine groups is 1. The van der Waals surface area contributed by atoms with Gasteiger partial charge in [-0.25, -0.2) is 5.48 Å². The highest BCUT2D eigenvalue weighted by atomic mass is 16.5. The second-order valence-electron chi connectivity index (χ2n) is 6.40. The summed E-state index contributed by atoms with van der Waals surface area (Å²) >= 11 is 0. The third-order valence-electron chi connectivity index (χ3n) is 4.24. The SMILES string of the molecule is O=C(CCCCCC(C(=O)Nc1ccccc1)C(=O)Nc1ccccc1)NO. The fourth-order valence-corrected chi connectivity index (χ4v) is 2.75. The number of para-hydroxylation sites is 2. The molecule has 0 heterocycles. The number of anilines is 2. The highest BCUT2D eigenvalue weighted by Crippen LogP contribution is 2.17. The summed E-state index contributed by atoms with van der Waals surface area (Å²) in [6.45, 7) is 0. The lowest BCUT2D eigenvalue weighted by molar-refractivity contribution is -0.130. The van der Waals surface area contributed by atoms with Crippen molar-refractivity contribution in [1.29, 1.82) is 0 Å². The lowest BCUT2D eigenvalue weighted by Crippen LogP contribution is -2.34. The van der Waals surface area contributed by atoms with Crippen LogP contribution < -0.4 is 16.1 Å². The standard InChI is InChI=1S/C21H25N3O4/c25-19(24-28)15-9-3-8-14-18(20(26)22-16-10-4-1-5-11-16)21(27)23-17-12-6-2-7-13-17/h1-2,4-7,10-13,18,28H,3,8-9,14-15H2,(H,22,26)(H,23,27)(H,24,25). The monoisotopic (exact) mass is 383 g/mol. The molecule has 0 saturated heterocycles. The molecule has 7 heteroatoms. The second kappa shape index (κ2) is 11.5. The summed E-state index contributed by atoms with van der Waals surface area (Å²) in [5, 5.41) is 14.1. The summed E-state index contributed by atoms with van der Waals surface area (Å²) in [7, 11) is 0. The molecule has 4 N–H and O–H groups in total. The van der Waals surface area contributed by atoms with Crippen LogP contribution in [0.5, 0.6) is 0 Å². The van der Waals surface area contributed by atoms with Gasteiger partial charge < -0.3 is 10.6 Å². The lowest BCUT2D eigenvalue weighted by Gasteiger charge is -2.17. The normalized spacial score (nSPS) is 10.4. The summed E-state index contributed by atoms with van der Waals surface area (Å²) < 4.78 is 0. The smallest absolute Gasteiger partial charge is 0.243 e. The van der Waals surface area contributed by atoms with E-state index in [0.29, 0.717) is 37.1 Å². The van der Waals surface area contributed by atoms with E-state index >= 15 is 0 Å². The van der Waals surface area contributed by atoms with Crippen LogP contribution in [0.15, 0.2) is 60.7 Å². The maximum absolute atomic E-state index is 12.7. The Hall–Kier alpha value is -3.19. The summed E-state index contributed by atoms with van der Waals surface area (Å²) in [5.74, 6) is -2.03. The first kappa shape index (κ1) is 21.1. The third-order valence-corrected chi connectivity index (χ3v) is 4.24. The molecule has 28 heavy (non-hydrogen) atoms. The largest absolute Gasteiger partial charge is 0.325 e. The quantitative estimate of drug-likeness (QED) is 0.218. The van der Waals surface area contributed by atoms with Gasteiger partial charge in [0.05, 0.1) is 0 Å². The van der Waals surface area contributed by atoms with Crippen LogP contribution in [0.3, 0.4) is 0 Å². The van der Waals surface area contributed by atoms with Gasteiger partial charge in [-0.2, -0.15) is 0 Å². The molecule has 2 rings (SSSR count). The van der Waals surface area contributed by atoms with Crippen LogP contribution in [-0.2, 0) is 14.4 Å². The van der Waals surface area contributed by atoms with E-state index in [-0.39, 0.29) is 18.2 Å². The minimum Gasteiger partial charge on any atom is -0.325 e. The van der Waals surface area contributed by atoms with Crippen molar-refractivity contribution in [3.05, 3.63) is 60.7 Å². The number of unbranched alkanes of at least 4 members (excludes halogenated alkanes) is 2. The number of hydrogen-bond donors (Lipinski definition) is 4. The Labute approximate surface area is 164 Å². The fraction of sp³-hybridized carbons (Fsp3) is 0.286. The van der Waals surface area contributed by atoms with Crippen LogP contribution >= 0.6 is 0 Å². The van der Waals surface area contributed by atoms with Gasteiger partial charge in [-0.05, 0) is 37.1 Å². The predicted octanol–water partition coefficient (Wildman–Crippen LogP) is 3.34. The Morgan fingerprint density at radius 1 is 0.750 bits per heavy atom. The number of hydrogen-bond acceptors (Lipinski definition) is 4. The maximum Gasteiger partial charge on any atom is 0.243 e. The van der Waals surface area contributed by atoms with Gasteiger partial charge in [0.25, 0.3) is 0 Å². The molecule has 0 aliphatic carbocycles. The molecule has 0 aromatic heterocycles. The van der Waals surface area contributed by atoms with E-state index in [1.54, 1.807) is 54.0 Å². The van der Waals surface area contributed by atoms with Gasteiger partial charge in [0, 0.05) is 17.8 Å². The van der Waals surface area contributed by atoms with Gasteiger partial charge in [-0.3, -0.25) is 19.6 Å². The van der Waals surface area contributed by atoms with E-state index in [9.17, 15) is 14.4 Å². The van der Waals surface area contributed by atoms with Crippen LogP contribution in [-0.4, -0.2) is 22.9 Å². The zero-order chi connectivity index (χ0) is 20.2. The molecule has 3 amide bonds. The van der Waals surface area contributed by atoms with E-state index in [4.69, 9.17) is 5.21 Å². The van der Waals surface area contributed by atoms with Gasteiger partial charge in [-0.15, -0.1) is 0 Å². The van der Waals surface area contributed by atoms with Crippen molar-refractivity contribution >= 4 is 29.1 Å². The van der Waals surface area contributed by atoms with E-state index in [1.807, 2.05) is 12.1 Å². The fourth-order valence-electron chi connectivity index (χ4n) is 2.75. The molecule has 0 atom stereocenters. The number of nitrogens with one attached hydrogen (secondary N) is 3. The highest BCUT2D eigenvalue weighted by Gasteiger charge is 2.26. The van der Waals surface area contributed by atoms with Crippen LogP contribution in [0.25, 0.3) is 0 Å². The number of carbonyl (C=O) groups is 3. The molecule has 0 bridgehead atoms. The molecule has 2 aromatic rings. The summed E-state index contributed by atoms with van der Waals surface area (Å²) in [6, 6.07) is 18.0. The molecule has 0 radical (unpaired) electrons.